The summed E-state index contributed by atoms with van der Waals surface area (Å²) < 4.78 is 1.89. The van der Waals surface area contributed by atoms with Crippen molar-refractivity contribution < 1.29 is 4.79 Å². The Morgan fingerprint density at radius 2 is 1.74 bits per heavy atom. The van der Waals surface area contributed by atoms with E-state index in [4.69, 9.17) is 9.97 Å². The molecule has 38 heavy (non-hydrogen) atoms. The van der Waals surface area contributed by atoms with Gasteiger partial charge in [-0.15, -0.1) is 0 Å². The van der Waals surface area contributed by atoms with Crippen molar-refractivity contribution >= 4 is 39.6 Å². The second kappa shape index (κ2) is 10.8. The molecule has 2 heterocycles. The predicted octanol–water partition coefficient (Wildman–Crippen LogP) is 6.00. The number of nitrogens with zero attached hydrogens (tertiary/aromatic N) is 3. The van der Waals surface area contributed by atoms with E-state index in [9.17, 15) is 9.59 Å². The molecule has 1 fully saturated rings. The molecule has 0 spiro atoms. The van der Waals surface area contributed by atoms with E-state index in [0.29, 0.717) is 33.9 Å². The summed E-state index contributed by atoms with van der Waals surface area (Å²) in [6.45, 7) is 0.438. The molecule has 192 valence electrons. The van der Waals surface area contributed by atoms with Gasteiger partial charge < -0.3 is 10.3 Å². The van der Waals surface area contributed by atoms with Crippen molar-refractivity contribution in [2.75, 3.05) is 0 Å². The lowest BCUT2D eigenvalue weighted by atomic mass is 9.95. The number of rotatable bonds is 7. The zero-order chi connectivity index (χ0) is 25.9. The van der Waals surface area contributed by atoms with E-state index in [1.165, 1.54) is 18.2 Å². The lowest BCUT2D eigenvalue weighted by Gasteiger charge is -2.26. The number of H-pyrrole nitrogens is 1. The van der Waals surface area contributed by atoms with Crippen molar-refractivity contribution in [1.82, 2.24) is 24.8 Å². The number of carbonyl (C=O) groups is 1. The van der Waals surface area contributed by atoms with Crippen LogP contribution in [0, 0.1) is 0 Å². The second-order valence-corrected chi connectivity index (χ2v) is 10.7. The van der Waals surface area contributed by atoms with Gasteiger partial charge in [0, 0.05) is 18.2 Å². The van der Waals surface area contributed by atoms with Crippen LogP contribution in [0.4, 0.5) is 0 Å². The van der Waals surface area contributed by atoms with Crippen molar-refractivity contribution in [3.8, 4) is 0 Å². The molecule has 5 aromatic rings. The van der Waals surface area contributed by atoms with E-state index in [1.807, 2.05) is 59.2 Å². The Bertz CT molecular complexity index is 1620. The highest BCUT2D eigenvalue weighted by atomic mass is 32.2. The molecular weight excluding hydrogens is 494 g/mol. The largest absolute Gasteiger partial charge is 0.348 e. The number of hydrogen-bond acceptors (Lipinski definition) is 5. The minimum absolute atomic E-state index is 0.0368. The van der Waals surface area contributed by atoms with Crippen molar-refractivity contribution in [1.29, 1.82) is 0 Å². The number of thioether (sulfide) groups is 1. The molecule has 8 heteroatoms. The molecule has 1 saturated carbocycles. The van der Waals surface area contributed by atoms with Crippen LogP contribution in [0.1, 0.15) is 59.9 Å². The zero-order valence-electron chi connectivity index (χ0n) is 21.0. The number of benzene rings is 3. The molecule has 2 aromatic heterocycles. The number of amides is 1. The van der Waals surface area contributed by atoms with Crippen LogP contribution in [-0.4, -0.2) is 25.4 Å². The van der Waals surface area contributed by atoms with Gasteiger partial charge in [-0.1, -0.05) is 73.5 Å². The Kier molecular flexibility index (Phi) is 6.96. The average molecular weight is 524 g/mol. The Morgan fingerprint density at radius 3 is 2.55 bits per heavy atom. The predicted molar refractivity (Wildman–Crippen MR) is 151 cm³/mol. The molecule has 0 saturated heterocycles. The van der Waals surface area contributed by atoms with E-state index < -0.39 is 0 Å². The van der Waals surface area contributed by atoms with E-state index in [-0.39, 0.29) is 17.5 Å². The fraction of sp³-hybridized carbons (Fsp3) is 0.267. The smallest absolute Gasteiger partial charge is 0.262 e. The van der Waals surface area contributed by atoms with E-state index in [0.717, 1.165) is 48.1 Å². The van der Waals surface area contributed by atoms with Gasteiger partial charge in [0.2, 0.25) is 0 Å². The number of hydrogen-bond donors (Lipinski definition) is 2. The minimum Gasteiger partial charge on any atom is -0.348 e. The molecule has 6 rings (SSSR count). The van der Waals surface area contributed by atoms with Gasteiger partial charge in [0.05, 0.1) is 27.7 Å². The Morgan fingerprint density at radius 1 is 0.947 bits per heavy atom. The van der Waals surface area contributed by atoms with Crippen molar-refractivity contribution in [3.63, 3.8) is 0 Å². The number of para-hydroxylation sites is 2. The van der Waals surface area contributed by atoms with Crippen LogP contribution < -0.4 is 10.9 Å². The van der Waals surface area contributed by atoms with Crippen LogP contribution in [0.3, 0.4) is 0 Å². The normalized spacial score (nSPS) is 14.2. The number of carbonyl (C=O) groups excluding carboxylic acids is 1. The summed E-state index contributed by atoms with van der Waals surface area (Å²) in [6.07, 6.45) is 5.39. The molecule has 0 radical (unpaired) electrons. The molecular formula is C30H29N5O2S. The maximum atomic E-state index is 13.8. The van der Waals surface area contributed by atoms with Gasteiger partial charge in [-0.3, -0.25) is 14.2 Å². The monoisotopic (exact) mass is 523 g/mol. The van der Waals surface area contributed by atoms with Crippen LogP contribution in [0.5, 0.6) is 0 Å². The maximum Gasteiger partial charge on any atom is 0.262 e. The first-order valence-corrected chi connectivity index (χ1v) is 14.1. The number of nitrogens with one attached hydrogen (secondary N) is 2. The SMILES string of the molecule is O=C(NCc1ccccc1)c1ccc2c(=O)n(C3CCCCC3)c(SCc3nc4ccccc4[nH]3)nc2c1. The van der Waals surface area contributed by atoms with Crippen LogP contribution in [0.25, 0.3) is 21.9 Å². The molecule has 0 atom stereocenters. The minimum atomic E-state index is -0.189. The highest BCUT2D eigenvalue weighted by molar-refractivity contribution is 7.98. The zero-order valence-corrected chi connectivity index (χ0v) is 21.8. The van der Waals surface area contributed by atoms with Crippen LogP contribution >= 0.6 is 11.8 Å². The molecule has 0 unspecified atom stereocenters. The molecule has 1 aliphatic carbocycles. The fourth-order valence-electron chi connectivity index (χ4n) is 5.17. The third-order valence-electron chi connectivity index (χ3n) is 7.14. The van der Waals surface area contributed by atoms with Crippen molar-refractivity contribution in [2.45, 2.75) is 55.6 Å². The number of fused-ring (bicyclic) bond motifs is 2. The average Bonchev–Trinajstić information content (AvgIpc) is 3.39. The molecule has 1 aliphatic rings. The van der Waals surface area contributed by atoms with Crippen molar-refractivity contribution in [3.05, 3.63) is 100 Å². The summed E-state index contributed by atoms with van der Waals surface area (Å²) in [4.78, 5) is 39.7. The van der Waals surface area contributed by atoms with Crippen LogP contribution in [0.15, 0.2) is 82.7 Å². The van der Waals surface area contributed by atoms with Crippen molar-refractivity contribution in [2.24, 2.45) is 0 Å². The number of aromatic amines is 1. The lowest BCUT2D eigenvalue weighted by molar-refractivity contribution is 0.0951. The van der Waals surface area contributed by atoms with Gasteiger partial charge in [-0.2, -0.15) is 0 Å². The summed E-state index contributed by atoms with van der Waals surface area (Å²) >= 11 is 1.52. The highest BCUT2D eigenvalue weighted by Crippen LogP contribution is 2.32. The van der Waals surface area contributed by atoms with Gasteiger partial charge in [0.15, 0.2) is 5.16 Å². The number of aromatic nitrogens is 4. The summed E-state index contributed by atoms with van der Waals surface area (Å²) in [5.41, 5.74) is 3.94. The van der Waals surface area contributed by atoms with Gasteiger partial charge in [0.25, 0.3) is 11.5 Å². The molecule has 0 bridgehead atoms. The van der Waals surface area contributed by atoms with Gasteiger partial charge in [-0.25, -0.2) is 9.97 Å². The first kappa shape index (κ1) is 24.4. The van der Waals surface area contributed by atoms with Gasteiger partial charge in [-0.05, 0) is 48.7 Å². The first-order valence-electron chi connectivity index (χ1n) is 13.1. The standard InChI is InChI=1S/C30H29N5O2S/c36-28(31-18-20-9-3-1-4-10-20)21-15-16-23-26(17-21)34-30(35(29(23)37)22-11-5-2-6-12-22)38-19-27-32-24-13-7-8-14-25(24)33-27/h1,3-4,7-10,13-17,22H,2,5-6,11-12,18-19H2,(H,31,36)(H,32,33). The van der Waals surface area contributed by atoms with E-state index in [2.05, 4.69) is 10.3 Å². The summed E-state index contributed by atoms with van der Waals surface area (Å²) in [7, 11) is 0. The first-order chi connectivity index (χ1) is 18.7. The van der Waals surface area contributed by atoms with Gasteiger partial charge in [0.1, 0.15) is 5.82 Å². The third-order valence-corrected chi connectivity index (χ3v) is 8.11. The molecule has 1 amide bonds. The fourth-order valence-corrected chi connectivity index (χ4v) is 6.11. The Labute approximate surface area is 224 Å². The molecule has 7 nitrogen and oxygen atoms in total. The Balaban J connectivity index is 1.32. The number of imidazole rings is 1. The van der Waals surface area contributed by atoms with E-state index >= 15 is 0 Å². The summed E-state index contributed by atoms with van der Waals surface area (Å²) in [5, 5.41) is 4.19. The molecule has 3 aromatic carbocycles. The third kappa shape index (κ3) is 5.09. The van der Waals surface area contributed by atoms with Crippen LogP contribution in [0.2, 0.25) is 0 Å². The van der Waals surface area contributed by atoms with E-state index in [1.54, 1.807) is 18.2 Å². The highest BCUT2D eigenvalue weighted by Gasteiger charge is 2.23. The molecule has 0 aliphatic heterocycles. The summed E-state index contributed by atoms with van der Waals surface area (Å²) in [6, 6.07) is 23.1. The second-order valence-electron chi connectivity index (χ2n) is 9.75. The van der Waals surface area contributed by atoms with Crippen LogP contribution in [-0.2, 0) is 12.3 Å². The van der Waals surface area contributed by atoms with Gasteiger partial charge >= 0.3 is 0 Å². The molecule has 2 N–H and O–H groups in total. The Hall–Kier alpha value is -3.91. The quantitative estimate of drug-likeness (QED) is 0.202. The lowest BCUT2D eigenvalue weighted by Crippen LogP contribution is -2.29. The summed E-state index contributed by atoms with van der Waals surface area (Å²) in [5.74, 6) is 1.22. The topological polar surface area (TPSA) is 92.7 Å². The maximum absolute atomic E-state index is 13.8.